The van der Waals surface area contributed by atoms with Crippen LogP contribution in [-0.2, 0) is 14.3 Å². The lowest BCUT2D eigenvalue weighted by Crippen LogP contribution is -2.56. The van der Waals surface area contributed by atoms with Gasteiger partial charge in [-0.05, 0) is 78.9 Å². The fourth-order valence-electron chi connectivity index (χ4n) is 9.89. The molecule has 0 N–H and O–H groups in total. The summed E-state index contributed by atoms with van der Waals surface area (Å²) in [4.78, 5) is 13.3. The number of carbonyl (C=O) groups excluding carboxylic acids is 1. The van der Waals surface area contributed by atoms with Crippen molar-refractivity contribution >= 4 is 5.78 Å². The molecule has 5 aliphatic rings. The first-order valence-electron chi connectivity index (χ1n) is 13.4. The summed E-state index contributed by atoms with van der Waals surface area (Å²) in [6.07, 6.45) is 12.1. The van der Waals surface area contributed by atoms with Crippen LogP contribution < -0.4 is 0 Å². The van der Waals surface area contributed by atoms with Gasteiger partial charge < -0.3 is 9.47 Å². The molecule has 3 nitrogen and oxygen atoms in total. The topological polar surface area (TPSA) is 35.5 Å². The molecule has 1 aliphatic heterocycles. The van der Waals surface area contributed by atoms with Crippen LogP contribution in [0.4, 0.5) is 0 Å². The van der Waals surface area contributed by atoms with Gasteiger partial charge in [0.05, 0.1) is 6.10 Å². The summed E-state index contributed by atoms with van der Waals surface area (Å²) in [6, 6.07) is 0. The standard InChI is InChI=1S/C28H46O3/c1-17(2)10-14-28(30-6)18(3)25-24(31-28)16-22-19-15-23(29)21-9-7-8-12-26(21,4)20(19)11-13-27(22,25)5/h17-22,24-25H,7-16H2,1-6H3/t18-,19+,20-,21?,22-,24-,25-,26+,27-,28+/m0/s1. The molecule has 5 rings (SSSR count). The van der Waals surface area contributed by atoms with Crippen molar-refractivity contribution in [2.75, 3.05) is 7.11 Å². The summed E-state index contributed by atoms with van der Waals surface area (Å²) in [7, 11) is 1.86. The molecule has 0 radical (unpaired) electrons. The Morgan fingerprint density at radius 2 is 1.87 bits per heavy atom. The number of hydrogen-bond donors (Lipinski definition) is 0. The Kier molecular flexibility index (Phi) is 5.45. The summed E-state index contributed by atoms with van der Waals surface area (Å²) < 4.78 is 13.0. The van der Waals surface area contributed by atoms with Gasteiger partial charge in [0.25, 0.3) is 0 Å². The highest BCUT2D eigenvalue weighted by atomic mass is 16.7. The zero-order chi connectivity index (χ0) is 22.2. The van der Waals surface area contributed by atoms with Crippen LogP contribution in [0.15, 0.2) is 0 Å². The number of fused-ring (bicyclic) bond motifs is 7. The van der Waals surface area contributed by atoms with E-state index in [0.29, 0.717) is 52.8 Å². The number of Topliss-reactive ketones (excluding diaryl/α,β-unsaturated/α-hetero) is 1. The van der Waals surface area contributed by atoms with Crippen molar-refractivity contribution < 1.29 is 14.3 Å². The van der Waals surface area contributed by atoms with Gasteiger partial charge >= 0.3 is 0 Å². The average molecular weight is 431 g/mol. The molecule has 10 atom stereocenters. The molecule has 0 aromatic rings. The zero-order valence-electron chi connectivity index (χ0n) is 20.9. The van der Waals surface area contributed by atoms with E-state index in [4.69, 9.17) is 9.47 Å². The van der Waals surface area contributed by atoms with Crippen LogP contribution in [0.1, 0.15) is 98.8 Å². The fourth-order valence-corrected chi connectivity index (χ4v) is 9.89. The molecule has 4 saturated carbocycles. The number of carbonyl (C=O) groups is 1. The minimum absolute atomic E-state index is 0.261. The maximum Gasteiger partial charge on any atom is 0.171 e. The highest BCUT2D eigenvalue weighted by Gasteiger charge is 2.69. The minimum Gasteiger partial charge on any atom is -0.353 e. The first-order chi connectivity index (χ1) is 14.7. The van der Waals surface area contributed by atoms with Crippen LogP contribution >= 0.6 is 0 Å². The Bertz CT molecular complexity index is 717. The van der Waals surface area contributed by atoms with Gasteiger partial charge in [0.15, 0.2) is 5.79 Å². The van der Waals surface area contributed by atoms with Gasteiger partial charge in [0.1, 0.15) is 5.78 Å². The second kappa shape index (κ2) is 7.55. The molecule has 0 aromatic carbocycles. The summed E-state index contributed by atoms with van der Waals surface area (Å²) >= 11 is 0. The molecule has 31 heavy (non-hydrogen) atoms. The molecular weight excluding hydrogens is 384 g/mol. The molecule has 4 aliphatic carbocycles. The van der Waals surface area contributed by atoms with Gasteiger partial charge in [-0.2, -0.15) is 0 Å². The van der Waals surface area contributed by atoms with E-state index in [2.05, 4.69) is 34.6 Å². The molecule has 0 bridgehead atoms. The fraction of sp³-hybridized carbons (Fsp3) is 0.964. The number of rotatable bonds is 4. The molecule has 176 valence electrons. The highest BCUT2D eigenvalue weighted by Crippen LogP contribution is 2.70. The van der Waals surface area contributed by atoms with Crippen molar-refractivity contribution in [2.24, 2.45) is 52.3 Å². The van der Waals surface area contributed by atoms with Crippen molar-refractivity contribution in [1.29, 1.82) is 0 Å². The predicted molar refractivity (Wildman–Crippen MR) is 123 cm³/mol. The molecular formula is C28H46O3. The molecule has 0 spiro atoms. The van der Waals surface area contributed by atoms with Gasteiger partial charge in [-0.25, -0.2) is 0 Å². The first kappa shape index (κ1) is 22.4. The van der Waals surface area contributed by atoms with E-state index in [-0.39, 0.29) is 5.41 Å². The van der Waals surface area contributed by atoms with E-state index in [0.717, 1.165) is 38.0 Å². The van der Waals surface area contributed by atoms with Crippen molar-refractivity contribution in [3.05, 3.63) is 0 Å². The van der Waals surface area contributed by atoms with Crippen LogP contribution in [0.5, 0.6) is 0 Å². The molecule has 0 amide bonds. The molecule has 1 heterocycles. The number of hydrogen-bond acceptors (Lipinski definition) is 3. The Labute approximate surface area is 190 Å². The Morgan fingerprint density at radius 1 is 1.10 bits per heavy atom. The lowest BCUT2D eigenvalue weighted by Gasteiger charge is -2.60. The van der Waals surface area contributed by atoms with Crippen LogP contribution in [0, 0.1) is 52.3 Å². The molecule has 1 saturated heterocycles. The van der Waals surface area contributed by atoms with Crippen LogP contribution in [0.2, 0.25) is 0 Å². The summed E-state index contributed by atoms with van der Waals surface area (Å²) in [5, 5.41) is 0. The SMILES string of the molecule is CO[C@]1(CCC(C)C)O[C@H]2C[C@H]3[C@@H]4CC(=O)C5CCCC[C@]5(C)[C@H]4CC[C@]3(C)[C@H]2[C@@H]1C. The van der Waals surface area contributed by atoms with Crippen LogP contribution in [-0.4, -0.2) is 24.8 Å². The largest absolute Gasteiger partial charge is 0.353 e. The predicted octanol–water partition coefficient (Wildman–Crippen LogP) is 6.64. The Morgan fingerprint density at radius 3 is 2.58 bits per heavy atom. The smallest absolute Gasteiger partial charge is 0.171 e. The Hall–Kier alpha value is -0.410. The van der Waals surface area contributed by atoms with E-state index < -0.39 is 5.79 Å². The van der Waals surface area contributed by atoms with E-state index in [9.17, 15) is 4.79 Å². The highest BCUT2D eigenvalue weighted by molar-refractivity contribution is 5.83. The third-order valence-electron chi connectivity index (χ3n) is 11.4. The lowest BCUT2D eigenvalue weighted by atomic mass is 9.44. The molecule has 3 heteroatoms. The van der Waals surface area contributed by atoms with E-state index >= 15 is 0 Å². The summed E-state index contributed by atoms with van der Waals surface area (Å²) in [6.45, 7) is 12.0. The average Bonchev–Trinajstić information content (AvgIpc) is 3.18. The monoisotopic (exact) mass is 430 g/mol. The van der Waals surface area contributed by atoms with Crippen LogP contribution in [0.3, 0.4) is 0 Å². The summed E-state index contributed by atoms with van der Waals surface area (Å²) in [5.41, 5.74) is 0.554. The maximum absolute atomic E-state index is 13.3. The van der Waals surface area contributed by atoms with Crippen molar-refractivity contribution in [3.63, 3.8) is 0 Å². The maximum atomic E-state index is 13.3. The van der Waals surface area contributed by atoms with Gasteiger partial charge in [0, 0.05) is 31.8 Å². The van der Waals surface area contributed by atoms with Crippen molar-refractivity contribution in [1.82, 2.24) is 0 Å². The van der Waals surface area contributed by atoms with E-state index in [1.165, 1.54) is 32.1 Å². The Balaban J connectivity index is 1.42. The van der Waals surface area contributed by atoms with Gasteiger partial charge in [0.2, 0.25) is 0 Å². The minimum atomic E-state index is -0.409. The van der Waals surface area contributed by atoms with Gasteiger partial charge in [-0.1, -0.05) is 47.5 Å². The number of methoxy groups -OCH3 is 1. The van der Waals surface area contributed by atoms with Crippen LogP contribution in [0.25, 0.3) is 0 Å². The normalized spacial score (nSPS) is 53.8. The first-order valence-corrected chi connectivity index (χ1v) is 13.4. The zero-order valence-corrected chi connectivity index (χ0v) is 20.9. The number of ketones is 1. The third-order valence-corrected chi connectivity index (χ3v) is 11.4. The third kappa shape index (κ3) is 3.07. The van der Waals surface area contributed by atoms with E-state index in [1.54, 1.807) is 0 Å². The van der Waals surface area contributed by atoms with E-state index in [1.807, 2.05) is 7.11 Å². The van der Waals surface area contributed by atoms with Gasteiger partial charge in [-0.3, -0.25) is 4.79 Å². The second-order valence-electron chi connectivity index (χ2n) is 13.1. The van der Waals surface area contributed by atoms with Crippen molar-refractivity contribution in [3.8, 4) is 0 Å². The molecule has 0 aromatic heterocycles. The van der Waals surface area contributed by atoms with Crippen molar-refractivity contribution in [2.45, 2.75) is 111 Å². The number of ether oxygens (including phenoxy) is 2. The molecule has 1 unspecified atom stereocenters. The second-order valence-corrected chi connectivity index (χ2v) is 13.1. The quantitative estimate of drug-likeness (QED) is 0.501. The summed E-state index contributed by atoms with van der Waals surface area (Å²) in [5.74, 6) is 4.17. The molecule has 5 fully saturated rings. The van der Waals surface area contributed by atoms with Gasteiger partial charge in [-0.15, -0.1) is 0 Å². The lowest BCUT2D eigenvalue weighted by molar-refractivity contribution is -0.239.